The van der Waals surface area contributed by atoms with Gasteiger partial charge in [0.15, 0.2) is 5.65 Å². The molecule has 1 aromatic carbocycles. The number of hydrogen-bond donors (Lipinski definition) is 0. The lowest BCUT2D eigenvalue weighted by Crippen LogP contribution is -2.29. The number of rotatable bonds is 4. The van der Waals surface area contributed by atoms with Crippen LogP contribution < -0.4 is 0 Å². The fraction of sp³-hybridized carbons (Fsp3) is 0.368. The lowest BCUT2D eigenvalue weighted by atomic mass is 10.1. The number of amides is 1. The highest BCUT2D eigenvalue weighted by Gasteiger charge is 2.19. The largest absolute Gasteiger partial charge is 0.342 e. The number of nitrogens with zero attached hydrogens (tertiary/aromatic N) is 5. The number of aryl methyl sites for hydroxylation is 2. The van der Waals surface area contributed by atoms with Crippen molar-refractivity contribution in [2.24, 2.45) is 0 Å². The van der Waals surface area contributed by atoms with Crippen molar-refractivity contribution in [1.82, 2.24) is 24.6 Å². The molecule has 0 aliphatic carbocycles. The van der Waals surface area contributed by atoms with Gasteiger partial charge in [0.1, 0.15) is 11.4 Å². The maximum Gasteiger partial charge on any atom is 0.232 e. The molecule has 26 heavy (non-hydrogen) atoms. The van der Waals surface area contributed by atoms with Gasteiger partial charge in [-0.25, -0.2) is 14.6 Å². The number of aromatic nitrogens is 4. The van der Waals surface area contributed by atoms with Crippen LogP contribution in [0.1, 0.15) is 24.0 Å². The number of benzene rings is 1. The summed E-state index contributed by atoms with van der Waals surface area (Å²) in [4.78, 5) is 23.0. The van der Waals surface area contributed by atoms with Crippen molar-refractivity contribution < 1.29 is 4.79 Å². The maximum atomic E-state index is 12.3. The Balaban J connectivity index is 1.61. The number of carbonyl (C=O) groups excluding carboxylic acids is 1. The number of hydrogen-bond acceptors (Lipinski definition) is 5. The van der Waals surface area contributed by atoms with Gasteiger partial charge in [0.05, 0.1) is 23.0 Å². The van der Waals surface area contributed by atoms with E-state index in [1.54, 1.807) is 12.5 Å². The molecule has 1 amide bonds. The van der Waals surface area contributed by atoms with Crippen LogP contribution in [-0.4, -0.2) is 49.4 Å². The van der Waals surface area contributed by atoms with E-state index >= 15 is 0 Å². The molecule has 134 valence electrons. The molecule has 0 N–H and O–H groups in total. The van der Waals surface area contributed by atoms with Gasteiger partial charge < -0.3 is 4.90 Å². The summed E-state index contributed by atoms with van der Waals surface area (Å²) >= 11 is 1.46. The molecule has 0 radical (unpaired) electrons. The van der Waals surface area contributed by atoms with Gasteiger partial charge in [0.25, 0.3) is 0 Å². The molecular weight excluding hydrogens is 346 g/mol. The molecule has 0 saturated carbocycles. The second kappa shape index (κ2) is 7.07. The minimum atomic E-state index is 0.182. The summed E-state index contributed by atoms with van der Waals surface area (Å²) in [7, 11) is 0. The average Bonchev–Trinajstić information content (AvgIpc) is 3.30. The Kier molecular flexibility index (Phi) is 4.63. The van der Waals surface area contributed by atoms with Crippen LogP contribution in [0.25, 0.3) is 16.7 Å². The second-order valence-corrected chi connectivity index (χ2v) is 7.60. The van der Waals surface area contributed by atoms with Crippen molar-refractivity contribution in [3.63, 3.8) is 0 Å². The van der Waals surface area contributed by atoms with E-state index in [2.05, 4.69) is 47.1 Å². The topological polar surface area (TPSA) is 63.9 Å². The lowest BCUT2D eigenvalue weighted by Gasteiger charge is -2.14. The zero-order valence-electron chi connectivity index (χ0n) is 15.0. The predicted octanol–water partition coefficient (Wildman–Crippen LogP) is 3.15. The zero-order valence-corrected chi connectivity index (χ0v) is 15.8. The van der Waals surface area contributed by atoms with Crippen molar-refractivity contribution in [2.75, 3.05) is 18.8 Å². The summed E-state index contributed by atoms with van der Waals surface area (Å²) in [5.41, 5.74) is 4.14. The molecule has 4 rings (SSSR count). The van der Waals surface area contributed by atoms with E-state index in [4.69, 9.17) is 0 Å². The van der Waals surface area contributed by atoms with Gasteiger partial charge in [-0.2, -0.15) is 5.10 Å². The average molecular weight is 367 g/mol. The van der Waals surface area contributed by atoms with Gasteiger partial charge in [-0.1, -0.05) is 29.5 Å². The minimum Gasteiger partial charge on any atom is -0.342 e. The van der Waals surface area contributed by atoms with Crippen molar-refractivity contribution >= 4 is 28.7 Å². The summed E-state index contributed by atoms with van der Waals surface area (Å²) < 4.78 is 1.85. The third-order valence-electron chi connectivity index (χ3n) is 4.70. The van der Waals surface area contributed by atoms with E-state index in [-0.39, 0.29) is 5.91 Å². The van der Waals surface area contributed by atoms with Crippen molar-refractivity contribution in [3.05, 3.63) is 41.9 Å². The third-order valence-corrected chi connectivity index (χ3v) is 5.69. The predicted molar refractivity (Wildman–Crippen MR) is 103 cm³/mol. The highest BCUT2D eigenvalue weighted by Crippen LogP contribution is 2.27. The molecule has 1 aliphatic heterocycles. The second-order valence-electron chi connectivity index (χ2n) is 6.64. The Hall–Kier alpha value is -2.41. The van der Waals surface area contributed by atoms with Crippen LogP contribution in [0.2, 0.25) is 0 Å². The highest BCUT2D eigenvalue weighted by molar-refractivity contribution is 8.00. The number of thioether (sulfide) groups is 1. The van der Waals surface area contributed by atoms with E-state index in [0.29, 0.717) is 5.75 Å². The Labute approximate surface area is 156 Å². The SMILES string of the molecule is Cc1ccc(-n2ncc3c(SCC(=O)N4CCCC4)ncnc32)c(C)c1. The monoisotopic (exact) mass is 367 g/mol. The minimum absolute atomic E-state index is 0.182. The highest BCUT2D eigenvalue weighted by atomic mass is 32.2. The van der Waals surface area contributed by atoms with E-state index in [1.807, 2.05) is 9.58 Å². The van der Waals surface area contributed by atoms with E-state index in [9.17, 15) is 4.79 Å². The molecule has 3 heterocycles. The molecular formula is C19H21N5OS. The molecule has 0 unspecified atom stereocenters. The molecule has 0 atom stereocenters. The first-order chi connectivity index (χ1) is 12.6. The molecule has 0 bridgehead atoms. The van der Waals surface area contributed by atoms with Crippen LogP contribution in [-0.2, 0) is 4.79 Å². The van der Waals surface area contributed by atoms with Crippen LogP contribution in [0.4, 0.5) is 0 Å². The van der Waals surface area contributed by atoms with Crippen LogP contribution in [0.5, 0.6) is 0 Å². The van der Waals surface area contributed by atoms with Gasteiger partial charge in [0.2, 0.25) is 5.91 Å². The summed E-state index contributed by atoms with van der Waals surface area (Å²) in [6.07, 6.45) is 5.55. The first kappa shape index (κ1) is 17.0. The summed E-state index contributed by atoms with van der Waals surface area (Å²) in [6.45, 7) is 5.90. The molecule has 1 fully saturated rings. The van der Waals surface area contributed by atoms with E-state index < -0.39 is 0 Å². The van der Waals surface area contributed by atoms with Gasteiger partial charge in [-0.3, -0.25) is 4.79 Å². The van der Waals surface area contributed by atoms with Crippen LogP contribution in [0.15, 0.2) is 35.7 Å². The maximum absolute atomic E-state index is 12.3. The summed E-state index contributed by atoms with van der Waals surface area (Å²) in [5, 5.41) is 6.21. The number of fused-ring (bicyclic) bond motifs is 1. The Morgan fingerprint density at radius 1 is 1.19 bits per heavy atom. The van der Waals surface area contributed by atoms with Crippen molar-refractivity contribution in [2.45, 2.75) is 31.7 Å². The number of carbonyl (C=O) groups is 1. The molecule has 7 heteroatoms. The Morgan fingerprint density at radius 3 is 2.77 bits per heavy atom. The Morgan fingerprint density at radius 2 is 2.00 bits per heavy atom. The fourth-order valence-electron chi connectivity index (χ4n) is 3.34. The first-order valence-corrected chi connectivity index (χ1v) is 9.79. The van der Waals surface area contributed by atoms with Crippen LogP contribution in [0, 0.1) is 13.8 Å². The molecule has 3 aromatic rings. The summed E-state index contributed by atoms with van der Waals surface area (Å²) in [6, 6.07) is 6.26. The van der Waals surface area contributed by atoms with Gasteiger partial charge in [-0.15, -0.1) is 0 Å². The van der Waals surface area contributed by atoms with E-state index in [0.717, 1.165) is 53.2 Å². The first-order valence-electron chi connectivity index (χ1n) is 8.80. The van der Waals surface area contributed by atoms with Gasteiger partial charge >= 0.3 is 0 Å². The number of likely N-dealkylation sites (tertiary alicyclic amines) is 1. The van der Waals surface area contributed by atoms with Crippen molar-refractivity contribution in [3.8, 4) is 5.69 Å². The summed E-state index contributed by atoms with van der Waals surface area (Å²) in [5.74, 6) is 0.585. The quantitative estimate of drug-likeness (QED) is 0.524. The van der Waals surface area contributed by atoms with Crippen molar-refractivity contribution in [1.29, 1.82) is 0 Å². The zero-order chi connectivity index (χ0) is 18.1. The van der Waals surface area contributed by atoms with E-state index in [1.165, 1.54) is 17.3 Å². The van der Waals surface area contributed by atoms with Gasteiger partial charge in [-0.05, 0) is 38.3 Å². The standard InChI is InChI=1S/C19H21N5OS/c1-13-5-6-16(14(2)9-13)24-18-15(10-22-24)19(21-12-20-18)26-11-17(25)23-7-3-4-8-23/h5-6,9-10,12H,3-4,7-8,11H2,1-2H3. The Bertz CT molecular complexity index is 962. The molecule has 1 aliphatic rings. The molecule has 2 aromatic heterocycles. The lowest BCUT2D eigenvalue weighted by molar-refractivity contribution is -0.127. The van der Waals surface area contributed by atoms with Gasteiger partial charge in [0, 0.05) is 13.1 Å². The normalized spacial score (nSPS) is 14.3. The smallest absolute Gasteiger partial charge is 0.232 e. The van der Waals surface area contributed by atoms with Crippen LogP contribution in [0.3, 0.4) is 0 Å². The molecule has 1 saturated heterocycles. The molecule has 6 nitrogen and oxygen atoms in total. The molecule has 0 spiro atoms. The third kappa shape index (κ3) is 3.19. The fourth-order valence-corrected chi connectivity index (χ4v) is 4.21. The van der Waals surface area contributed by atoms with Crippen LogP contribution >= 0.6 is 11.8 Å².